The fraction of sp³-hybridized carbons (Fsp3) is 0.750. The summed E-state index contributed by atoms with van der Waals surface area (Å²) in [5.41, 5.74) is -0.942. The fourth-order valence-corrected chi connectivity index (χ4v) is 0.918. The highest BCUT2D eigenvalue weighted by Crippen LogP contribution is 2.14. The Hall–Kier alpha value is -0.900. The first-order valence-corrected chi connectivity index (χ1v) is 4.18. The second kappa shape index (κ2) is 3.23. The maximum atomic E-state index is 9.53. The van der Waals surface area contributed by atoms with E-state index in [1.54, 1.807) is 13.8 Å². The summed E-state index contributed by atoms with van der Waals surface area (Å²) in [6.45, 7) is 5.42. The van der Waals surface area contributed by atoms with Gasteiger partial charge < -0.3 is 5.11 Å². The van der Waals surface area contributed by atoms with Gasteiger partial charge in [-0.1, -0.05) is 6.92 Å². The molecule has 1 rings (SSSR count). The smallest absolute Gasteiger partial charge is 0.181 e. The Morgan fingerprint density at radius 3 is 2.58 bits per heavy atom. The molecular formula is C8H15N3O. The van der Waals surface area contributed by atoms with Crippen LogP contribution in [0.1, 0.15) is 38.8 Å². The van der Waals surface area contributed by atoms with E-state index in [4.69, 9.17) is 0 Å². The van der Waals surface area contributed by atoms with Crippen molar-refractivity contribution in [1.82, 2.24) is 15.2 Å². The van der Waals surface area contributed by atoms with Crippen LogP contribution in [-0.4, -0.2) is 20.3 Å². The summed E-state index contributed by atoms with van der Waals surface area (Å²) < 4.78 is 0. The van der Waals surface area contributed by atoms with Crippen LogP contribution in [0.3, 0.4) is 0 Å². The molecule has 12 heavy (non-hydrogen) atoms. The summed E-state index contributed by atoms with van der Waals surface area (Å²) in [6.07, 6.45) is 1.91. The standard InChI is InChI=1S/C8H15N3O/c1-4-5-6-9-7(11-10-6)8(2,3)12/h12H,4-5H2,1-3H3,(H,9,10,11). The Bertz CT molecular complexity index is 249. The molecule has 0 fully saturated rings. The van der Waals surface area contributed by atoms with Crippen LogP contribution in [0.15, 0.2) is 0 Å². The third kappa shape index (κ3) is 2.04. The highest BCUT2D eigenvalue weighted by Gasteiger charge is 2.21. The maximum Gasteiger partial charge on any atom is 0.181 e. The predicted molar refractivity (Wildman–Crippen MR) is 45.6 cm³/mol. The molecule has 1 aromatic heterocycles. The van der Waals surface area contributed by atoms with Crippen LogP contribution in [0.4, 0.5) is 0 Å². The normalized spacial score (nSPS) is 12.0. The number of hydrogen-bond donors (Lipinski definition) is 2. The molecule has 0 spiro atoms. The zero-order valence-corrected chi connectivity index (χ0v) is 7.76. The topological polar surface area (TPSA) is 61.8 Å². The summed E-state index contributed by atoms with van der Waals surface area (Å²) in [4.78, 5) is 4.15. The van der Waals surface area contributed by atoms with Crippen molar-refractivity contribution in [3.8, 4) is 0 Å². The van der Waals surface area contributed by atoms with E-state index < -0.39 is 5.60 Å². The Kier molecular flexibility index (Phi) is 2.47. The van der Waals surface area contributed by atoms with Crippen LogP contribution in [-0.2, 0) is 12.0 Å². The molecule has 0 aliphatic carbocycles. The Morgan fingerprint density at radius 2 is 2.17 bits per heavy atom. The van der Waals surface area contributed by atoms with Gasteiger partial charge in [0.05, 0.1) is 0 Å². The van der Waals surface area contributed by atoms with Crippen molar-refractivity contribution in [1.29, 1.82) is 0 Å². The second-order valence-corrected chi connectivity index (χ2v) is 3.41. The molecule has 68 valence electrons. The molecule has 4 heteroatoms. The molecule has 0 aliphatic rings. The van der Waals surface area contributed by atoms with E-state index in [0.29, 0.717) is 5.82 Å². The van der Waals surface area contributed by atoms with Gasteiger partial charge in [0.25, 0.3) is 0 Å². The third-order valence-electron chi connectivity index (χ3n) is 1.57. The minimum atomic E-state index is -0.942. The van der Waals surface area contributed by atoms with Crippen molar-refractivity contribution in [2.45, 2.75) is 39.2 Å². The molecule has 4 nitrogen and oxygen atoms in total. The van der Waals surface area contributed by atoms with Gasteiger partial charge >= 0.3 is 0 Å². The van der Waals surface area contributed by atoms with Crippen LogP contribution < -0.4 is 0 Å². The second-order valence-electron chi connectivity index (χ2n) is 3.41. The molecule has 0 aliphatic heterocycles. The third-order valence-corrected chi connectivity index (χ3v) is 1.57. The van der Waals surface area contributed by atoms with Gasteiger partial charge in [0, 0.05) is 6.42 Å². The number of aromatic nitrogens is 3. The molecule has 0 saturated carbocycles. The molecule has 1 heterocycles. The maximum absolute atomic E-state index is 9.53. The Labute approximate surface area is 72.0 Å². The highest BCUT2D eigenvalue weighted by molar-refractivity contribution is 4.98. The van der Waals surface area contributed by atoms with Crippen LogP contribution in [0, 0.1) is 0 Å². The molecule has 0 unspecified atom stereocenters. The van der Waals surface area contributed by atoms with Crippen molar-refractivity contribution in [3.05, 3.63) is 11.6 Å². The monoisotopic (exact) mass is 169 g/mol. The van der Waals surface area contributed by atoms with Crippen LogP contribution in [0.25, 0.3) is 0 Å². The highest BCUT2D eigenvalue weighted by atomic mass is 16.3. The van der Waals surface area contributed by atoms with E-state index in [2.05, 4.69) is 22.1 Å². The molecule has 0 saturated heterocycles. The number of nitrogens with zero attached hydrogens (tertiary/aromatic N) is 2. The van der Waals surface area contributed by atoms with Gasteiger partial charge in [-0.25, -0.2) is 4.98 Å². The number of H-pyrrole nitrogens is 1. The van der Waals surface area contributed by atoms with E-state index in [9.17, 15) is 5.11 Å². The molecule has 0 amide bonds. The predicted octanol–water partition coefficient (Wildman–Crippen LogP) is 0.985. The number of aryl methyl sites for hydroxylation is 1. The minimum Gasteiger partial charge on any atom is -0.382 e. The van der Waals surface area contributed by atoms with Gasteiger partial charge in [0.15, 0.2) is 5.82 Å². The molecule has 0 bridgehead atoms. The van der Waals surface area contributed by atoms with Crippen LogP contribution in [0.5, 0.6) is 0 Å². The molecule has 2 N–H and O–H groups in total. The lowest BCUT2D eigenvalue weighted by Gasteiger charge is -2.10. The quantitative estimate of drug-likeness (QED) is 0.709. The van der Waals surface area contributed by atoms with Gasteiger partial charge in [0.1, 0.15) is 11.4 Å². The molecule has 0 aromatic carbocycles. The van der Waals surface area contributed by atoms with Crippen molar-refractivity contribution in [2.75, 3.05) is 0 Å². The zero-order chi connectivity index (χ0) is 9.19. The van der Waals surface area contributed by atoms with Gasteiger partial charge in [-0.2, -0.15) is 5.10 Å². The fourth-order valence-electron chi connectivity index (χ4n) is 0.918. The molecule has 0 atom stereocenters. The first kappa shape index (κ1) is 9.19. The first-order chi connectivity index (χ1) is 5.54. The summed E-state index contributed by atoms with van der Waals surface area (Å²) in [5.74, 6) is 1.31. The van der Waals surface area contributed by atoms with E-state index in [-0.39, 0.29) is 0 Å². The lowest BCUT2D eigenvalue weighted by atomic mass is 10.1. The number of aromatic amines is 1. The van der Waals surface area contributed by atoms with E-state index in [0.717, 1.165) is 18.7 Å². The largest absolute Gasteiger partial charge is 0.382 e. The zero-order valence-electron chi connectivity index (χ0n) is 7.76. The lowest BCUT2D eigenvalue weighted by molar-refractivity contribution is 0.0690. The van der Waals surface area contributed by atoms with E-state index >= 15 is 0 Å². The van der Waals surface area contributed by atoms with Crippen molar-refractivity contribution in [3.63, 3.8) is 0 Å². The summed E-state index contributed by atoms with van der Waals surface area (Å²) >= 11 is 0. The van der Waals surface area contributed by atoms with Gasteiger partial charge in [-0.3, -0.25) is 5.10 Å². The number of rotatable bonds is 3. The molecule has 0 radical (unpaired) electrons. The first-order valence-electron chi connectivity index (χ1n) is 4.18. The van der Waals surface area contributed by atoms with Gasteiger partial charge in [-0.05, 0) is 20.3 Å². The summed E-state index contributed by atoms with van der Waals surface area (Å²) in [7, 11) is 0. The minimum absolute atomic E-state index is 0.464. The Morgan fingerprint density at radius 1 is 1.50 bits per heavy atom. The van der Waals surface area contributed by atoms with E-state index in [1.165, 1.54) is 0 Å². The van der Waals surface area contributed by atoms with Crippen LogP contribution in [0.2, 0.25) is 0 Å². The SMILES string of the molecule is CCCc1nc(C(C)(C)O)n[nH]1. The van der Waals surface area contributed by atoms with Crippen molar-refractivity contribution in [2.24, 2.45) is 0 Å². The lowest BCUT2D eigenvalue weighted by Crippen LogP contribution is -2.17. The average Bonchev–Trinajstić information content (AvgIpc) is 2.35. The number of nitrogens with one attached hydrogen (secondary N) is 1. The van der Waals surface area contributed by atoms with Gasteiger partial charge in [-0.15, -0.1) is 0 Å². The molecular weight excluding hydrogens is 154 g/mol. The summed E-state index contributed by atoms with van der Waals surface area (Å²) in [5, 5.41) is 16.2. The number of hydrogen-bond acceptors (Lipinski definition) is 3. The Balaban J connectivity index is 2.77. The number of aliphatic hydroxyl groups is 1. The average molecular weight is 169 g/mol. The van der Waals surface area contributed by atoms with Gasteiger partial charge in [0.2, 0.25) is 0 Å². The van der Waals surface area contributed by atoms with Crippen molar-refractivity contribution >= 4 is 0 Å². The molecule has 1 aromatic rings. The summed E-state index contributed by atoms with van der Waals surface area (Å²) in [6, 6.07) is 0. The van der Waals surface area contributed by atoms with Crippen molar-refractivity contribution < 1.29 is 5.11 Å². The van der Waals surface area contributed by atoms with E-state index in [1.807, 2.05) is 0 Å². The van der Waals surface area contributed by atoms with Crippen LogP contribution >= 0.6 is 0 Å².